The minimum atomic E-state index is -3.13. The SMILES string of the molecule is O=C(Oc1ccccc1)C1=NN([C@@H]2CCS(=O)(=O)C2)C(=O)CC1. The number of amides is 1. The Balaban J connectivity index is 1.76. The molecule has 0 spiro atoms. The maximum absolute atomic E-state index is 12.2. The first-order valence-corrected chi connectivity index (χ1v) is 9.14. The number of carbonyl (C=O) groups excluding carboxylic acids is 2. The molecular weight excluding hydrogens is 320 g/mol. The Kier molecular flexibility index (Phi) is 4.16. The van der Waals surface area contributed by atoms with E-state index in [0.717, 1.165) is 5.01 Å². The second-order valence-electron chi connectivity index (χ2n) is 5.54. The number of para-hydroxylation sites is 1. The van der Waals surface area contributed by atoms with Crippen LogP contribution in [0.25, 0.3) is 0 Å². The highest BCUT2D eigenvalue weighted by Crippen LogP contribution is 2.22. The van der Waals surface area contributed by atoms with Crippen LogP contribution in [-0.2, 0) is 19.4 Å². The first kappa shape index (κ1) is 15.7. The third-order valence-electron chi connectivity index (χ3n) is 3.80. The maximum atomic E-state index is 12.2. The van der Waals surface area contributed by atoms with E-state index >= 15 is 0 Å². The van der Waals surface area contributed by atoms with Crippen molar-refractivity contribution in [1.82, 2.24) is 5.01 Å². The number of hydrazone groups is 1. The van der Waals surface area contributed by atoms with Crippen LogP contribution in [0.2, 0.25) is 0 Å². The van der Waals surface area contributed by atoms with Gasteiger partial charge >= 0.3 is 5.97 Å². The summed E-state index contributed by atoms with van der Waals surface area (Å²) in [5.41, 5.74) is 0.137. The summed E-state index contributed by atoms with van der Waals surface area (Å²) in [4.78, 5) is 24.1. The Labute approximate surface area is 133 Å². The molecule has 1 aromatic rings. The zero-order valence-corrected chi connectivity index (χ0v) is 13.2. The van der Waals surface area contributed by atoms with Crippen molar-refractivity contribution in [1.29, 1.82) is 0 Å². The molecule has 0 aliphatic carbocycles. The van der Waals surface area contributed by atoms with Gasteiger partial charge in [0.2, 0.25) is 5.91 Å². The molecule has 0 aromatic heterocycles. The lowest BCUT2D eigenvalue weighted by molar-refractivity contribution is -0.134. The Morgan fingerprint density at radius 2 is 1.96 bits per heavy atom. The first-order chi connectivity index (χ1) is 10.9. The molecule has 122 valence electrons. The summed E-state index contributed by atoms with van der Waals surface area (Å²) < 4.78 is 28.4. The van der Waals surface area contributed by atoms with E-state index < -0.39 is 21.8 Å². The molecule has 2 aliphatic rings. The number of benzene rings is 1. The summed E-state index contributed by atoms with van der Waals surface area (Å²) >= 11 is 0. The normalized spacial score (nSPS) is 23.5. The lowest BCUT2D eigenvalue weighted by Crippen LogP contribution is -2.42. The smallest absolute Gasteiger partial charge is 0.359 e. The average Bonchev–Trinajstić information content (AvgIpc) is 2.88. The van der Waals surface area contributed by atoms with Crippen molar-refractivity contribution in [3.05, 3.63) is 30.3 Å². The van der Waals surface area contributed by atoms with Gasteiger partial charge in [0.1, 0.15) is 11.5 Å². The van der Waals surface area contributed by atoms with Gasteiger partial charge in [-0.1, -0.05) is 18.2 Å². The summed E-state index contributed by atoms with van der Waals surface area (Å²) in [6.07, 6.45) is 0.665. The van der Waals surface area contributed by atoms with Crippen LogP contribution in [0.3, 0.4) is 0 Å². The van der Waals surface area contributed by atoms with Crippen LogP contribution < -0.4 is 4.74 Å². The Hall–Kier alpha value is -2.22. The molecule has 23 heavy (non-hydrogen) atoms. The molecule has 8 heteroatoms. The number of esters is 1. The van der Waals surface area contributed by atoms with E-state index in [1.54, 1.807) is 30.3 Å². The molecule has 1 aromatic carbocycles. The second kappa shape index (κ2) is 6.11. The van der Waals surface area contributed by atoms with Gasteiger partial charge in [-0.15, -0.1) is 0 Å². The fraction of sp³-hybridized carbons (Fsp3) is 0.400. The summed E-state index contributed by atoms with van der Waals surface area (Å²) in [6.45, 7) is 0. The molecule has 0 saturated carbocycles. The molecule has 2 aliphatic heterocycles. The van der Waals surface area contributed by atoms with Gasteiger partial charge < -0.3 is 4.74 Å². The van der Waals surface area contributed by atoms with Crippen molar-refractivity contribution >= 4 is 27.4 Å². The van der Waals surface area contributed by atoms with Gasteiger partial charge in [-0.25, -0.2) is 18.2 Å². The molecule has 0 unspecified atom stereocenters. The van der Waals surface area contributed by atoms with Gasteiger partial charge in [0.15, 0.2) is 9.84 Å². The van der Waals surface area contributed by atoms with E-state index in [1.165, 1.54) is 0 Å². The number of carbonyl (C=O) groups is 2. The van der Waals surface area contributed by atoms with Gasteiger partial charge in [0.05, 0.1) is 17.5 Å². The minimum absolute atomic E-state index is 0.0424. The number of nitrogens with zero attached hydrogens (tertiary/aromatic N) is 2. The molecule has 1 fully saturated rings. The third kappa shape index (κ3) is 3.58. The zero-order valence-electron chi connectivity index (χ0n) is 12.3. The van der Waals surface area contributed by atoms with Crippen molar-refractivity contribution in [3.8, 4) is 5.75 Å². The van der Waals surface area contributed by atoms with Gasteiger partial charge in [0.25, 0.3) is 0 Å². The van der Waals surface area contributed by atoms with Crippen molar-refractivity contribution in [3.63, 3.8) is 0 Å². The number of ether oxygens (including phenoxy) is 1. The topological polar surface area (TPSA) is 93.1 Å². The molecule has 0 N–H and O–H groups in total. The summed E-state index contributed by atoms with van der Waals surface area (Å²) in [5, 5.41) is 5.22. The third-order valence-corrected chi connectivity index (χ3v) is 5.55. The van der Waals surface area contributed by atoms with Crippen LogP contribution in [0.5, 0.6) is 5.75 Å². The Bertz CT molecular complexity index is 757. The number of rotatable bonds is 3. The second-order valence-corrected chi connectivity index (χ2v) is 7.77. The molecule has 2 heterocycles. The van der Waals surface area contributed by atoms with Crippen molar-refractivity contribution in [2.45, 2.75) is 25.3 Å². The molecule has 7 nitrogen and oxygen atoms in total. The number of hydrogen-bond donors (Lipinski definition) is 0. The molecule has 0 radical (unpaired) electrons. The van der Waals surface area contributed by atoms with Gasteiger partial charge in [0, 0.05) is 12.8 Å². The lowest BCUT2D eigenvalue weighted by Gasteiger charge is -2.27. The Morgan fingerprint density at radius 1 is 1.22 bits per heavy atom. The van der Waals surface area contributed by atoms with E-state index in [-0.39, 0.29) is 36.0 Å². The van der Waals surface area contributed by atoms with Gasteiger partial charge in [-0.05, 0) is 18.6 Å². The van der Waals surface area contributed by atoms with Crippen LogP contribution in [0, 0.1) is 0 Å². The van der Waals surface area contributed by atoms with Crippen molar-refractivity contribution in [2.75, 3.05) is 11.5 Å². The van der Waals surface area contributed by atoms with Crippen LogP contribution in [-0.4, -0.2) is 48.6 Å². The fourth-order valence-electron chi connectivity index (χ4n) is 2.63. The largest absolute Gasteiger partial charge is 0.422 e. The predicted molar refractivity (Wildman–Crippen MR) is 82.7 cm³/mol. The standard InChI is InChI=1S/C15H16N2O5S/c18-14-7-6-13(15(19)22-12-4-2-1-3-5-12)16-17(14)11-8-9-23(20,21)10-11/h1-5,11H,6-10H2/t11-/m1/s1. The quantitative estimate of drug-likeness (QED) is 0.600. The van der Waals surface area contributed by atoms with Crippen molar-refractivity contribution in [2.24, 2.45) is 5.10 Å². The van der Waals surface area contributed by atoms with Crippen LogP contribution >= 0.6 is 0 Å². The molecular formula is C15H16N2O5S. The van der Waals surface area contributed by atoms with E-state index in [9.17, 15) is 18.0 Å². The minimum Gasteiger partial charge on any atom is -0.422 e. The summed E-state index contributed by atoms with van der Waals surface area (Å²) in [7, 11) is -3.13. The van der Waals surface area contributed by atoms with E-state index in [4.69, 9.17) is 4.74 Å². The number of sulfone groups is 1. The lowest BCUT2D eigenvalue weighted by atomic mass is 10.1. The predicted octanol–water partition coefficient (Wildman–Crippen LogP) is 0.757. The van der Waals surface area contributed by atoms with Gasteiger partial charge in [-0.2, -0.15) is 5.10 Å². The van der Waals surface area contributed by atoms with E-state index in [2.05, 4.69) is 5.10 Å². The number of hydrogen-bond acceptors (Lipinski definition) is 6. The molecule has 1 saturated heterocycles. The van der Waals surface area contributed by atoms with E-state index in [1.807, 2.05) is 0 Å². The summed E-state index contributed by atoms with van der Waals surface area (Å²) in [5.74, 6) is -0.547. The van der Waals surface area contributed by atoms with Crippen LogP contribution in [0.1, 0.15) is 19.3 Å². The molecule has 1 amide bonds. The zero-order chi connectivity index (χ0) is 16.4. The molecule has 3 rings (SSSR count). The summed E-state index contributed by atoms with van der Waals surface area (Å²) in [6, 6.07) is 8.08. The Morgan fingerprint density at radius 3 is 2.61 bits per heavy atom. The first-order valence-electron chi connectivity index (χ1n) is 7.32. The van der Waals surface area contributed by atoms with Crippen LogP contribution in [0.4, 0.5) is 0 Å². The average molecular weight is 336 g/mol. The maximum Gasteiger partial charge on any atom is 0.359 e. The molecule has 1 atom stereocenters. The highest BCUT2D eigenvalue weighted by molar-refractivity contribution is 7.91. The molecule has 0 bridgehead atoms. The van der Waals surface area contributed by atoms with Gasteiger partial charge in [-0.3, -0.25) is 4.79 Å². The van der Waals surface area contributed by atoms with E-state index in [0.29, 0.717) is 12.2 Å². The highest BCUT2D eigenvalue weighted by atomic mass is 32.2. The fourth-order valence-corrected chi connectivity index (χ4v) is 4.32. The van der Waals surface area contributed by atoms with Crippen LogP contribution in [0.15, 0.2) is 35.4 Å². The monoisotopic (exact) mass is 336 g/mol. The van der Waals surface area contributed by atoms with Crippen molar-refractivity contribution < 1.29 is 22.7 Å². The highest BCUT2D eigenvalue weighted by Gasteiger charge is 2.37.